The molecule has 6 heteroatoms. The Kier molecular flexibility index (Phi) is 5.36. The third-order valence-electron chi connectivity index (χ3n) is 2.91. The molecule has 0 heterocycles. The molecule has 0 spiro atoms. The minimum atomic E-state index is -0.299. The first-order chi connectivity index (χ1) is 10.0. The van der Waals surface area contributed by atoms with Crippen LogP contribution in [0.15, 0.2) is 39.7 Å². The van der Waals surface area contributed by atoms with Crippen LogP contribution < -0.4 is 15.2 Å². The highest BCUT2D eigenvalue weighted by Crippen LogP contribution is 2.37. The molecular formula is C15H15BrFNO2S. The molecule has 0 saturated carbocycles. The van der Waals surface area contributed by atoms with Crippen molar-refractivity contribution in [1.29, 1.82) is 0 Å². The Morgan fingerprint density at radius 2 is 1.86 bits per heavy atom. The molecule has 0 bridgehead atoms. The van der Waals surface area contributed by atoms with Gasteiger partial charge in [0.05, 0.1) is 18.7 Å². The van der Waals surface area contributed by atoms with Gasteiger partial charge in [-0.1, -0.05) is 0 Å². The molecular weight excluding hydrogens is 357 g/mol. The van der Waals surface area contributed by atoms with Gasteiger partial charge in [0.2, 0.25) is 0 Å². The van der Waals surface area contributed by atoms with Gasteiger partial charge in [0, 0.05) is 21.9 Å². The van der Waals surface area contributed by atoms with Crippen molar-refractivity contribution in [2.75, 3.05) is 20.0 Å². The number of hydrogen-bond donors (Lipinski definition) is 1. The molecule has 0 fully saturated rings. The first-order valence-corrected chi connectivity index (χ1v) is 7.91. The van der Waals surface area contributed by atoms with E-state index < -0.39 is 0 Å². The van der Waals surface area contributed by atoms with Crippen molar-refractivity contribution in [2.24, 2.45) is 0 Å². The number of hydrogen-bond acceptors (Lipinski definition) is 4. The highest BCUT2D eigenvalue weighted by molar-refractivity contribution is 9.10. The van der Waals surface area contributed by atoms with E-state index in [1.165, 1.54) is 23.9 Å². The molecule has 0 atom stereocenters. The van der Waals surface area contributed by atoms with Crippen LogP contribution in [0.5, 0.6) is 11.5 Å². The first kappa shape index (κ1) is 16.0. The van der Waals surface area contributed by atoms with Crippen molar-refractivity contribution < 1.29 is 13.9 Å². The first-order valence-electron chi connectivity index (χ1n) is 6.13. The molecule has 0 amide bonds. The normalized spacial score (nSPS) is 10.5. The van der Waals surface area contributed by atoms with Crippen LogP contribution in [0.3, 0.4) is 0 Å². The van der Waals surface area contributed by atoms with E-state index in [0.29, 0.717) is 16.3 Å². The number of rotatable bonds is 5. The molecule has 112 valence electrons. The Hall–Kier alpha value is -1.40. The number of thioether (sulfide) groups is 1. The third-order valence-corrected chi connectivity index (χ3v) is 4.65. The molecule has 0 unspecified atom stereocenters. The number of ether oxygens (including phenoxy) is 2. The molecule has 2 aromatic carbocycles. The van der Waals surface area contributed by atoms with Crippen LogP contribution in [0, 0.1) is 5.82 Å². The maximum Gasteiger partial charge on any atom is 0.133 e. The van der Waals surface area contributed by atoms with E-state index in [0.717, 1.165) is 21.5 Å². The van der Waals surface area contributed by atoms with Crippen molar-refractivity contribution in [3.05, 3.63) is 46.2 Å². The summed E-state index contributed by atoms with van der Waals surface area (Å²) in [5.41, 5.74) is 7.36. The van der Waals surface area contributed by atoms with Crippen LogP contribution in [0.1, 0.15) is 5.56 Å². The monoisotopic (exact) mass is 371 g/mol. The van der Waals surface area contributed by atoms with Gasteiger partial charge in [-0.2, -0.15) is 0 Å². The predicted molar refractivity (Wildman–Crippen MR) is 87.6 cm³/mol. The summed E-state index contributed by atoms with van der Waals surface area (Å²) in [7, 11) is 3.22. The Labute approximate surface area is 135 Å². The van der Waals surface area contributed by atoms with Crippen LogP contribution in [-0.4, -0.2) is 14.2 Å². The summed E-state index contributed by atoms with van der Waals surface area (Å²) in [5.74, 6) is 1.76. The van der Waals surface area contributed by atoms with E-state index in [1.807, 2.05) is 12.1 Å². The topological polar surface area (TPSA) is 44.5 Å². The third kappa shape index (κ3) is 3.83. The number of nitrogens with two attached hydrogens (primary N) is 1. The van der Waals surface area contributed by atoms with Crippen LogP contribution >= 0.6 is 27.7 Å². The van der Waals surface area contributed by atoms with Gasteiger partial charge in [0.1, 0.15) is 17.3 Å². The van der Waals surface area contributed by atoms with Gasteiger partial charge < -0.3 is 15.2 Å². The summed E-state index contributed by atoms with van der Waals surface area (Å²) in [6.45, 7) is 0. The van der Waals surface area contributed by atoms with Crippen molar-refractivity contribution in [3.8, 4) is 11.5 Å². The zero-order valence-electron chi connectivity index (χ0n) is 11.7. The van der Waals surface area contributed by atoms with E-state index in [-0.39, 0.29) is 5.82 Å². The molecule has 0 aliphatic rings. The summed E-state index contributed by atoms with van der Waals surface area (Å²) in [6.07, 6.45) is 0. The molecule has 2 N–H and O–H groups in total. The lowest BCUT2D eigenvalue weighted by atomic mass is 10.2. The fourth-order valence-corrected chi connectivity index (χ4v) is 3.28. The van der Waals surface area contributed by atoms with Crippen molar-refractivity contribution >= 4 is 33.4 Å². The quantitative estimate of drug-likeness (QED) is 0.621. The average molecular weight is 372 g/mol. The molecule has 3 nitrogen and oxygen atoms in total. The van der Waals surface area contributed by atoms with Gasteiger partial charge in [-0.25, -0.2) is 4.39 Å². The van der Waals surface area contributed by atoms with Crippen LogP contribution in [0.4, 0.5) is 10.1 Å². The minimum Gasteiger partial charge on any atom is -0.496 e. The molecule has 0 radical (unpaired) electrons. The molecule has 0 saturated heterocycles. The van der Waals surface area contributed by atoms with E-state index in [1.54, 1.807) is 20.3 Å². The number of anilines is 1. The van der Waals surface area contributed by atoms with Gasteiger partial charge in [-0.15, -0.1) is 11.8 Å². The highest BCUT2D eigenvalue weighted by atomic mass is 79.9. The van der Waals surface area contributed by atoms with Gasteiger partial charge in [-0.3, -0.25) is 0 Å². The number of methoxy groups -OCH3 is 2. The zero-order chi connectivity index (χ0) is 15.4. The molecule has 0 aliphatic heterocycles. The van der Waals surface area contributed by atoms with Crippen LogP contribution in [-0.2, 0) is 5.75 Å². The second kappa shape index (κ2) is 7.04. The molecule has 0 aliphatic carbocycles. The highest BCUT2D eigenvalue weighted by Gasteiger charge is 2.11. The lowest BCUT2D eigenvalue weighted by Crippen LogP contribution is -1.95. The summed E-state index contributed by atoms with van der Waals surface area (Å²) in [5, 5.41) is 0. The Morgan fingerprint density at radius 3 is 2.52 bits per heavy atom. The second-order valence-electron chi connectivity index (χ2n) is 4.27. The molecule has 21 heavy (non-hydrogen) atoms. The maximum absolute atomic E-state index is 13.3. The van der Waals surface area contributed by atoms with Crippen molar-refractivity contribution in [1.82, 2.24) is 0 Å². The standard InChI is InChI=1S/C15H15BrFNO2S/c1-19-13-7-11(16)14(20-2)5-9(13)8-21-15-6-10(17)3-4-12(15)18/h3-7H,8,18H2,1-2H3. The van der Waals surface area contributed by atoms with E-state index in [2.05, 4.69) is 15.9 Å². The van der Waals surface area contributed by atoms with Crippen molar-refractivity contribution in [2.45, 2.75) is 10.6 Å². The summed E-state index contributed by atoms with van der Waals surface area (Å²) >= 11 is 4.87. The Balaban J connectivity index is 2.24. The fourth-order valence-electron chi connectivity index (χ4n) is 1.83. The Bertz CT molecular complexity index is 652. The zero-order valence-corrected chi connectivity index (χ0v) is 14.1. The van der Waals surface area contributed by atoms with E-state index >= 15 is 0 Å². The van der Waals surface area contributed by atoms with Gasteiger partial charge >= 0.3 is 0 Å². The lowest BCUT2D eigenvalue weighted by molar-refractivity contribution is 0.398. The number of benzene rings is 2. The second-order valence-corrected chi connectivity index (χ2v) is 6.14. The summed E-state index contributed by atoms with van der Waals surface area (Å²) in [4.78, 5) is 0.707. The van der Waals surface area contributed by atoms with Crippen LogP contribution in [0.25, 0.3) is 0 Å². The average Bonchev–Trinajstić information content (AvgIpc) is 2.48. The van der Waals surface area contributed by atoms with Gasteiger partial charge in [0.15, 0.2) is 0 Å². The molecule has 0 aromatic heterocycles. The maximum atomic E-state index is 13.3. The molecule has 2 aromatic rings. The summed E-state index contributed by atoms with van der Waals surface area (Å²) < 4.78 is 24.7. The fraction of sp³-hybridized carbons (Fsp3) is 0.200. The van der Waals surface area contributed by atoms with Crippen molar-refractivity contribution in [3.63, 3.8) is 0 Å². The van der Waals surface area contributed by atoms with Crippen LogP contribution in [0.2, 0.25) is 0 Å². The Morgan fingerprint density at radius 1 is 1.14 bits per heavy atom. The SMILES string of the molecule is COc1cc(CSc2cc(F)ccc2N)c(OC)cc1Br. The number of nitrogen functional groups attached to an aromatic ring is 1. The lowest BCUT2D eigenvalue weighted by Gasteiger charge is -2.12. The van der Waals surface area contributed by atoms with E-state index in [9.17, 15) is 4.39 Å². The molecule has 2 rings (SSSR count). The predicted octanol–water partition coefficient (Wildman–Crippen LogP) is 4.48. The van der Waals surface area contributed by atoms with E-state index in [4.69, 9.17) is 15.2 Å². The largest absolute Gasteiger partial charge is 0.496 e. The van der Waals surface area contributed by atoms with Gasteiger partial charge in [-0.05, 0) is 46.3 Å². The van der Waals surface area contributed by atoms with Gasteiger partial charge in [0.25, 0.3) is 0 Å². The summed E-state index contributed by atoms with van der Waals surface area (Å²) in [6, 6.07) is 8.09. The number of halogens is 2. The minimum absolute atomic E-state index is 0.299. The smallest absolute Gasteiger partial charge is 0.133 e.